The van der Waals surface area contributed by atoms with Gasteiger partial charge in [-0.3, -0.25) is 14.8 Å². The molecule has 19 heavy (non-hydrogen) atoms. The standard InChI is InChI=1S/C9H12N8O2/c1-16-5-14-6(15-16)2-3-11-9-7(17(18)19)8(10)12-4-13-9/h4-5H,2-3H2,1H3,(H3,10,11,12,13). The number of hydrogen-bond donors (Lipinski definition) is 2. The number of hydrogen-bond acceptors (Lipinski definition) is 8. The molecular formula is C9H12N8O2. The number of aromatic nitrogens is 5. The molecule has 2 rings (SSSR count). The second-order valence-corrected chi connectivity index (χ2v) is 3.72. The second kappa shape index (κ2) is 5.25. The summed E-state index contributed by atoms with van der Waals surface area (Å²) in [5, 5.41) is 17.8. The summed E-state index contributed by atoms with van der Waals surface area (Å²) in [6.45, 7) is 0.404. The molecule has 0 radical (unpaired) electrons. The summed E-state index contributed by atoms with van der Waals surface area (Å²) in [4.78, 5) is 21.7. The number of nitrogens with two attached hydrogens (primary N) is 1. The van der Waals surface area contributed by atoms with Crippen LogP contribution in [-0.4, -0.2) is 36.2 Å². The Balaban J connectivity index is 2.03. The Morgan fingerprint density at radius 2 is 2.26 bits per heavy atom. The van der Waals surface area contributed by atoms with Crippen molar-refractivity contribution < 1.29 is 4.92 Å². The Bertz CT molecular complexity index is 596. The molecule has 10 nitrogen and oxygen atoms in total. The third-order valence-corrected chi connectivity index (χ3v) is 2.32. The summed E-state index contributed by atoms with van der Waals surface area (Å²) in [6.07, 6.45) is 3.27. The van der Waals surface area contributed by atoms with Gasteiger partial charge in [0, 0.05) is 20.0 Å². The normalized spacial score (nSPS) is 10.4. The highest BCUT2D eigenvalue weighted by molar-refractivity contribution is 5.67. The van der Waals surface area contributed by atoms with Gasteiger partial charge in [-0.05, 0) is 0 Å². The van der Waals surface area contributed by atoms with Crippen molar-refractivity contribution >= 4 is 17.3 Å². The zero-order valence-electron chi connectivity index (χ0n) is 10.1. The molecule has 0 spiro atoms. The molecule has 0 fully saturated rings. The summed E-state index contributed by atoms with van der Waals surface area (Å²) in [5.74, 6) is 0.562. The van der Waals surface area contributed by atoms with E-state index >= 15 is 0 Å². The summed E-state index contributed by atoms with van der Waals surface area (Å²) >= 11 is 0. The minimum absolute atomic E-state index is 0.0911. The summed E-state index contributed by atoms with van der Waals surface area (Å²) in [6, 6.07) is 0. The van der Waals surface area contributed by atoms with Gasteiger partial charge >= 0.3 is 5.69 Å². The minimum Gasteiger partial charge on any atom is -0.378 e. The molecule has 0 bridgehead atoms. The first-order valence-corrected chi connectivity index (χ1v) is 5.41. The van der Waals surface area contributed by atoms with Gasteiger partial charge in [-0.25, -0.2) is 15.0 Å². The molecule has 0 aliphatic rings. The topological polar surface area (TPSA) is 138 Å². The number of anilines is 2. The van der Waals surface area contributed by atoms with E-state index < -0.39 is 4.92 Å². The van der Waals surface area contributed by atoms with E-state index in [1.807, 2.05) is 0 Å². The van der Waals surface area contributed by atoms with E-state index in [9.17, 15) is 10.1 Å². The SMILES string of the molecule is Cn1cnc(CCNc2ncnc(N)c2[N+](=O)[O-])n1. The lowest BCUT2D eigenvalue weighted by Gasteiger charge is -2.05. The van der Waals surface area contributed by atoms with Crippen molar-refractivity contribution in [1.29, 1.82) is 0 Å². The van der Waals surface area contributed by atoms with Gasteiger partial charge in [-0.2, -0.15) is 5.10 Å². The highest BCUT2D eigenvalue weighted by Crippen LogP contribution is 2.25. The van der Waals surface area contributed by atoms with E-state index in [-0.39, 0.29) is 17.3 Å². The fourth-order valence-corrected chi connectivity index (χ4v) is 1.49. The lowest BCUT2D eigenvalue weighted by Crippen LogP contribution is -2.11. The summed E-state index contributed by atoms with van der Waals surface area (Å²) in [7, 11) is 1.76. The van der Waals surface area contributed by atoms with Crippen LogP contribution in [0.2, 0.25) is 0 Å². The Hall–Kier alpha value is -2.78. The average Bonchev–Trinajstić information content (AvgIpc) is 2.74. The molecule has 2 heterocycles. The van der Waals surface area contributed by atoms with Crippen molar-refractivity contribution in [3.8, 4) is 0 Å². The Morgan fingerprint density at radius 1 is 1.47 bits per heavy atom. The van der Waals surface area contributed by atoms with Crippen LogP contribution in [-0.2, 0) is 13.5 Å². The zero-order valence-corrected chi connectivity index (χ0v) is 10.1. The van der Waals surface area contributed by atoms with Crippen molar-refractivity contribution in [2.45, 2.75) is 6.42 Å². The average molecular weight is 264 g/mol. The maximum absolute atomic E-state index is 10.9. The van der Waals surface area contributed by atoms with Crippen LogP contribution in [0.3, 0.4) is 0 Å². The molecular weight excluding hydrogens is 252 g/mol. The fourth-order valence-electron chi connectivity index (χ4n) is 1.49. The molecule has 0 aromatic carbocycles. The largest absolute Gasteiger partial charge is 0.378 e. The molecule has 100 valence electrons. The minimum atomic E-state index is -0.614. The van der Waals surface area contributed by atoms with Crippen LogP contribution < -0.4 is 11.1 Å². The predicted molar refractivity (Wildman–Crippen MR) is 66.3 cm³/mol. The molecule has 10 heteroatoms. The molecule has 0 aliphatic heterocycles. The van der Waals surface area contributed by atoms with Crippen LogP contribution in [0.5, 0.6) is 0 Å². The van der Waals surface area contributed by atoms with Gasteiger partial charge < -0.3 is 11.1 Å². The van der Waals surface area contributed by atoms with Gasteiger partial charge in [0.15, 0.2) is 5.82 Å². The Labute approximate surface area is 107 Å². The van der Waals surface area contributed by atoms with Crippen molar-refractivity contribution in [3.63, 3.8) is 0 Å². The third-order valence-electron chi connectivity index (χ3n) is 2.32. The van der Waals surface area contributed by atoms with Gasteiger partial charge in [0.1, 0.15) is 12.7 Å². The van der Waals surface area contributed by atoms with E-state index in [0.29, 0.717) is 18.8 Å². The van der Waals surface area contributed by atoms with Gasteiger partial charge in [0.25, 0.3) is 0 Å². The molecule has 2 aromatic rings. The lowest BCUT2D eigenvalue weighted by molar-refractivity contribution is -0.383. The summed E-state index contributed by atoms with van der Waals surface area (Å²) < 4.78 is 1.58. The number of nitro groups is 1. The quantitative estimate of drug-likeness (QED) is 0.556. The van der Waals surface area contributed by atoms with Gasteiger partial charge in [0.2, 0.25) is 11.6 Å². The monoisotopic (exact) mass is 264 g/mol. The number of aryl methyl sites for hydroxylation is 1. The lowest BCUT2D eigenvalue weighted by atomic mass is 10.4. The molecule has 0 atom stereocenters. The molecule has 0 saturated carbocycles. The molecule has 2 aromatic heterocycles. The van der Waals surface area contributed by atoms with Crippen LogP contribution in [0.1, 0.15) is 5.82 Å². The summed E-state index contributed by atoms with van der Waals surface area (Å²) in [5.41, 5.74) is 5.12. The van der Waals surface area contributed by atoms with Gasteiger partial charge in [0.05, 0.1) is 4.92 Å². The first kappa shape index (κ1) is 12.7. The van der Waals surface area contributed by atoms with Crippen molar-refractivity contribution in [2.24, 2.45) is 7.05 Å². The van der Waals surface area contributed by atoms with Crippen LogP contribution in [0.15, 0.2) is 12.7 Å². The Kier molecular flexibility index (Phi) is 3.50. The highest BCUT2D eigenvalue weighted by Gasteiger charge is 2.20. The fraction of sp³-hybridized carbons (Fsp3) is 0.333. The molecule has 0 saturated heterocycles. The molecule has 0 aliphatic carbocycles. The van der Waals surface area contributed by atoms with Crippen molar-refractivity contribution in [1.82, 2.24) is 24.7 Å². The zero-order chi connectivity index (χ0) is 13.8. The van der Waals surface area contributed by atoms with Crippen molar-refractivity contribution in [3.05, 3.63) is 28.6 Å². The number of nitrogens with one attached hydrogen (secondary N) is 1. The van der Waals surface area contributed by atoms with E-state index in [2.05, 4.69) is 25.4 Å². The molecule has 0 unspecified atom stereocenters. The smallest absolute Gasteiger partial charge is 0.352 e. The second-order valence-electron chi connectivity index (χ2n) is 3.72. The Morgan fingerprint density at radius 3 is 2.89 bits per heavy atom. The van der Waals surface area contributed by atoms with Crippen LogP contribution in [0.25, 0.3) is 0 Å². The van der Waals surface area contributed by atoms with Gasteiger partial charge in [-0.1, -0.05) is 0 Å². The van der Waals surface area contributed by atoms with E-state index in [1.165, 1.54) is 6.33 Å². The molecule has 3 N–H and O–H groups in total. The number of nitrogen functional groups attached to an aromatic ring is 1. The van der Waals surface area contributed by atoms with Crippen LogP contribution >= 0.6 is 0 Å². The van der Waals surface area contributed by atoms with Crippen LogP contribution in [0.4, 0.5) is 17.3 Å². The number of rotatable bonds is 5. The number of nitrogens with zero attached hydrogens (tertiary/aromatic N) is 6. The maximum Gasteiger partial charge on any atom is 0.352 e. The third kappa shape index (κ3) is 2.91. The van der Waals surface area contributed by atoms with Crippen LogP contribution in [0, 0.1) is 10.1 Å². The van der Waals surface area contributed by atoms with E-state index in [4.69, 9.17) is 5.73 Å². The van der Waals surface area contributed by atoms with Gasteiger partial charge in [-0.15, -0.1) is 0 Å². The van der Waals surface area contributed by atoms with Crippen molar-refractivity contribution in [2.75, 3.05) is 17.6 Å². The van der Waals surface area contributed by atoms with E-state index in [0.717, 1.165) is 0 Å². The first-order chi connectivity index (χ1) is 9.08. The first-order valence-electron chi connectivity index (χ1n) is 5.41. The highest BCUT2D eigenvalue weighted by atomic mass is 16.6. The predicted octanol–water partition coefficient (Wildman–Crippen LogP) is -0.250. The van der Waals surface area contributed by atoms with E-state index in [1.54, 1.807) is 18.1 Å². The maximum atomic E-state index is 10.9. The molecule has 0 amide bonds.